The van der Waals surface area contributed by atoms with E-state index in [9.17, 15) is 21.6 Å². The average Bonchev–Trinajstić information content (AvgIpc) is 2.72. The van der Waals surface area contributed by atoms with Gasteiger partial charge in [0.2, 0.25) is 15.9 Å². The number of amides is 1. The maximum atomic E-state index is 12.5. The Labute approximate surface area is 194 Å². The van der Waals surface area contributed by atoms with Gasteiger partial charge in [0.15, 0.2) is 0 Å². The molecule has 3 aromatic rings. The summed E-state index contributed by atoms with van der Waals surface area (Å²) in [5, 5.41) is 2.58. The first-order valence-electron chi connectivity index (χ1n) is 9.11. The van der Waals surface area contributed by atoms with Crippen molar-refractivity contribution < 1.29 is 21.6 Å². The van der Waals surface area contributed by atoms with E-state index in [1.165, 1.54) is 36.7 Å². The molecular weight excluding hydrogens is 520 g/mol. The van der Waals surface area contributed by atoms with Crippen LogP contribution in [-0.2, 0) is 24.8 Å². The van der Waals surface area contributed by atoms with Gasteiger partial charge in [0.05, 0.1) is 28.7 Å². The molecule has 3 rings (SSSR count). The van der Waals surface area contributed by atoms with E-state index in [-0.39, 0.29) is 4.90 Å². The molecule has 0 fully saturated rings. The van der Waals surface area contributed by atoms with Gasteiger partial charge < -0.3 is 5.32 Å². The fraction of sp³-hybridized carbons (Fsp3) is 0.100. The lowest BCUT2D eigenvalue weighted by atomic mass is 10.3. The molecule has 9 nitrogen and oxygen atoms in total. The minimum absolute atomic E-state index is 0.00810. The zero-order chi connectivity index (χ0) is 23.4. The first kappa shape index (κ1) is 23.7. The van der Waals surface area contributed by atoms with Crippen molar-refractivity contribution in [2.24, 2.45) is 0 Å². The second kappa shape index (κ2) is 9.67. The predicted octanol–water partition coefficient (Wildman–Crippen LogP) is 3.05. The van der Waals surface area contributed by atoms with Crippen LogP contribution in [0.4, 0.5) is 17.1 Å². The summed E-state index contributed by atoms with van der Waals surface area (Å²) < 4.78 is 53.4. The molecule has 0 radical (unpaired) electrons. The quantitative estimate of drug-likeness (QED) is 0.454. The van der Waals surface area contributed by atoms with Crippen molar-refractivity contribution in [2.45, 2.75) is 4.90 Å². The second-order valence-electron chi connectivity index (χ2n) is 6.67. The molecule has 0 bridgehead atoms. The Bertz CT molecular complexity index is 1320. The highest BCUT2D eigenvalue weighted by atomic mass is 79.9. The van der Waals surface area contributed by atoms with Crippen molar-refractivity contribution in [2.75, 3.05) is 27.1 Å². The maximum Gasteiger partial charge on any atom is 0.261 e. The second-order valence-corrected chi connectivity index (χ2v) is 11.2. The highest BCUT2D eigenvalue weighted by Crippen LogP contribution is 2.22. The lowest BCUT2D eigenvalue weighted by molar-refractivity contribution is -0.114. The van der Waals surface area contributed by atoms with Crippen LogP contribution in [-0.4, -0.2) is 40.5 Å². The van der Waals surface area contributed by atoms with E-state index in [4.69, 9.17) is 0 Å². The van der Waals surface area contributed by atoms with Crippen molar-refractivity contribution >= 4 is 58.9 Å². The summed E-state index contributed by atoms with van der Waals surface area (Å²) in [6.07, 6.45) is 3.91. The third kappa shape index (κ3) is 6.28. The molecule has 1 amide bonds. The highest BCUT2D eigenvalue weighted by molar-refractivity contribution is 9.10. The molecule has 0 saturated heterocycles. The van der Waals surface area contributed by atoms with Crippen LogP contribution in [0, 0.1) is 0 Å². The van der Waals surface area contributed by atoms with E-state index in [1.807, 2.05) is 0 Å². The number of carbonyl (C=O) groups is 1. The van der Waals surface area contributed by atoms with E-state index >= 15 is 0 Å². The highest BCUT2D eigenvalue weighted by Gasteiger charge is 2.21. The topological polar surface area (TPSA) is 126 Å². The largest absolute Gasteiger partial charge is 0.325 e. The smallest absolute Gasteiger partial charge is 0.261 e. The number of hydrogen-bond donors (Lipinski definition) is 2. The summed E-state index contributed by atoms with van der Waals surface area (Å²) in [5.41, 5.74) is 0.969. The van der Waals surface area contributed by atoms with Gasteiger partial charge in [-0.15, -0.1) is 0 Å². The number of nitrogens with zero attached hydrogens (tertiary/aromatic N) is 2. The van der Waals surface area contributed by atoms with Gasteiger partial charge in [-0.05, 0) is 54.6 Å². The Morgan fingerprint density at radius 2 is 1.72 bits per heavy atom. The molecule has 1 aromatic heterocycles. The Hall–Kier alpha value is -2.96. The van der Waals surface area contributed by atoms with Gasteiger partial charge in [-0.25, -0.2) is 16.8 Å². The fourth-order valence-corrected chi connectivity index (χ4v) is 5.00. The number of hydrogen-bond acceptors (Lipinski definition) is 6. The molecule has 0 spiro atoms. The van der Waals surface area contributed by atoms with Crippen LogP contribution < -0.4 is 14.3 Å². The number of pyridine rings is 1. The molecule has 12 heteroatoms. The predicted molar refractivity (Wildman–Crippen MR) is 126 cm³/mol. The van der Waals surface area contributed by atoms with Crippen LogP contribution in [0.1, 0.15) is 0 Å². The van der Waals surface area contributed by atoms with E-state index in [1.54, 1.807) is 36.4 Å². The molecule has 0 aliphatic heterocycles. The number of rotatable bonds is 8. The van der Waals surface area contributed by atoms with Crippen molar-refractivity contribution in [1.82, 2.24) is 4.98 Å². The lowest BCUT2D eigenvalue weighted by Crippen LogP contribution is -2.37. The maximum absolute atomic E-state index is 12.5. The van der Waals surface area contributed by atoms with Gasteiger partial charge in [-0.1, -0.05) is 22.0 Å². The van der Waals surface area contributed by atoms with Crippen LogP contribution in [0.3, 0.4) is 0 Å². The summed E-state index contributed by atoms with van der Waals surface area (Å²) in [5.74, 6) is -0.584. The number of halogens is 1. The van der Waals surface area contributed by atoms with Crippen molar-refractivity contribution in [1.29, 1.82) is 0 Å². The number of aromatic nitrogens is 1. The van der Waals surface area contributed by atoms with E-state index in [2.05, 4.69) is 31.0 Å². The number of sulfonamides is 2. The minimum Gasteiger partial charge on any atom is -0.325 e. The van der Waals surface area contributed by atoms with Crippen molar-refractivity contribution in [3.05, 3.63) is 77.5 Å². The first-order chi connectivity index (χ1) is 15.0. The van der Waals surface area contributed by atoms with Gasteiger partial charge in [-0.3, -0.25) is 18.8 Å². The number of anilines is 3. The Kier molecular flexibility index (Phi) is 7.16. The Balaban J connectivity index is 1.71. The standard InChI is InChI=1S/C20H19BrN4O5S2/c1-31(27,28)25(18-6-2-4-15(21)12-18)14-20(26)23-16-7-9-19(10-8-16)32(29,30)24-17-5-3-11-22-13-17/h2-13,24H,14H2,1H3,(H,23,26). The Morgan fingerprint density at radius 3 is 2.31 bits per heavy atom. The summed E-state index contributed by atoms with van der Waals surface area (Å²) in [6.45, 7) is -0.447. The van der Waals surface area contributed by atoms with Crippen molar-refractivity contribution in [3.8, 4) is 0 Å². The lowest BCUT2D eigenvalue weighted by Gasteiger charge is -2.22. The van der Waals surface area contributed by atoms with Gasteiger partial charge in [0.25, 0.3) is 10.0 Å². The van der Waals surface area contributed by atoms with Crippen LogP contribution in [0.5, 0.6) is 0 Å². The normalized spacial score (nSPS) is 11.6. The molecule has 1 heterocycles. The third-order valence-electron chi connectivity index (χ3n) is 4.15. The zero-order valence-corrected chi connectivity index (χ0v) is 20.0. The van der Waals surface area contributed by atoms with Crippen LogP contribution in [0.2, 0.25) is 0 Å². The van der Waals surface area contributed by atoms with Crippen LogP contribution in [0.15, 0.2) is 82.4 Å². The summed E-state index contributed by atoms with van der Waals surface area (Å²) in [7, 11) is -7.55. The van der Waals surface area contributed by atoms with Gasteiger partial charge in [0.1, 0.15) is 6.54 Å². The van der Waals surface area contributed by atoms with Crippen molar-refractivity contribution in [3.63, 3.8) is 0 Å². The average molecular weight is 539 g/mol. The van der Waals surface area contributed by atoms with E-state index in [0.29, 0.717) is 21.5 Å². The van der Waals surface area contributed by atoms with Crippen LogP contribution >= 0.6 is 15.9 Å². The molecular formula is C20H19BrN4O5S2. The first-order valence-corrected chi connectivity index (χ1v) is 13.2. The third-order valence-corrected chi connectivity index (χ3v) is 7.18. The minimum atomic E-state index is -3.83. The van der Waals surface area contributed by atoms with E-state index < -0.39 is 32.5 Å². The van der Waals surface area contributed by atoms with E-state index in [0.717, 1.165) is 10.6 Å². The number of carbonyl (C=O) groups excluding carboxylic acids is 1. The van der Waals surface area contributed by atoms with Gasteiger partial charge >= 0.3 is 0 Å². The number of nitrogens with one attached hydrogen (secondary N) is 2. The molecule has 32 heavy (non-hydrogen) atoms. The fourth-order valence-electron chi connectivity index (χ4n) is 2.72. The zero-order valence-electron chi connectivity index (χ0n) is 16.8. The summed E-state index contributed by atoms with van der Waals surface area (Å²) in [4.78, 5) is 16.3. The molecule has 0 aliphatic carbocycles. The Morgan fingerprint density at radius 1 is 1.00 bits per heavy atom. The van der Waals surface area contributed by atoms with Gasteiger partial charge in [0, 0.05) is 16.4 Å². The molecule has 2 N–H and O–H groups in total. The molecule has 0 aliphatic rings. The SMILES string of the molecule is CS(=O)(=O)N(CC(=O)Nc1ccc(S(=O)(=O)Nc2cccnc2)cc1)c1cccc(Br)c1. The molecule has 0 atom stereocenters. The molecule has 168 valence electrons. The monoisotopic (exact) mass is 538 g/mol. The number of benzene rings is 2. The summed E-state index contributed by atoms with van der Waals surface area (Å²) in [6, 6.07) is 15.2. The summed E-state index contributed by atoms with van der Waals surface area (Å²) >= 11 is 3.28. The van der Waals surface area contributed by atoms with Gasteiger partial charge in [-0.2, -0.15) is 0 Å². The molecule has 0 saturated carbocycles. The molecule has 0 unspecified atom stereocenters. The molecule has 2 aromatic carbocycles. The van der Waals surface area contributed by atoms with Crippen LogP contribution in [0.25, 0.3) is 0 Å².